The molecule has 132 valence electrons. The summed E-state index contributed by atoms with van der Waals surface area (Å²) < 4.78 is 0. The third-order valence-electron chi connectivity index (χ3n) is 3.95. The highest BCUT2D eigenvalue weighted by atomic mass is 16.6. The fraction of sp³-hybridized carbons (Fsp3) is 0.158. The smallest absolute Gasteiger partial charge is 0.353 e. The van der Waals surface area contributed by atoms with Crippen LogP contribution in [0.2, 0.25) is 0 Å². The molecule has 26 heavy (non-hydrogen) atoms. The van der Waals surface area contributed by atoms with Crippen LogP contribution in [-0.2, 0) is 13.1 Å². The van der Waals surface area contributed by atoms with Gasteiger partial charge in [-0.15, -0.1) is 0 Å². The van der Waals surface area contributed by atoms with Crippen LogP contribution in [0.4, 0.5) is 17.3 Å². The van der Waals surface area contributed by atoms with Gasteiger partial charge in [0.05, 0.1) is 4.92 Å². The van der Waals surface area contributed by atoms with Crippen LogP contribution in [0.3, 0.4) is 0 Å². The van der Waals surface area contributed by atoms with Crippen LogP contribution in [-0.4, -0.2) is 21.9 Å². The van der Waals surface area contributed by atoms with Crippen molar-refractivity contribution in [3.8, 4) is 0 Å². The van der Waals surface area contributed by atoms with Crippen molar-refractivity contribution in [1.29, 1.82) is 0 Å². The molecule has 0 aliphatic heterocycles. The van der Waals surface area contributed by atoms with Gasteiger partial charge < -0.3 is 10.2 Å². The van der Waals surface area contributed by atoms with Crippen molar-refractivity contribution in [2.45, 2.75) is 13.1 Å². The Hall–Kier alpha value is -3.48. The molecule has 0 atom stereocenters. The van der Waals surface area contributed by atoms with Gasteiger partial charge in [-0.2, -0.15) is 0 Å². The fourth-order valence-corrected chi connectivity index (χ4v) is 2.77. The summed E-state index contributed by atoms with van der Waals surface area (Å²) in [5.74, 6) is 0.494. The van der Waals surface area contributed by atoms with E-state index in [9.17, 15) is 10.1 Å². The van der Waals surface area contributed by atoms with Gasteiger partial charge in [-0.05, 0) is 11.1 Å². The Morgan fingerprint density at radius 3 is 1.96 bits per heavy atom. The molecule has 0 radical (unpaired) electrons. The Morgan fingerprint density at radius 1 is 0.962 bits per heavy atom. The lowest BCUT2D eigenvalue weighted by molar-refractivity contribution is -0.383. The van der Waals surface area contributed by atoms with Crippen molar-refractivity contribution in [3.05, 3.63) is 88.2 Å². The van der Waals surface area contributed by atoms with E-state index in [1.165, 1.54) is 6.33 Å². The maximum Gasteiger partial charge on any atom is 0.353 e. The molecule has 1 aromatic heterocycles. The molecule has 0 aliphatic carbocycles. The number of benzene rings is 2. The Bertz CT molecular complexity index is 830. The number of hydrogen-bond donors (Lipinski definition) is 1. The molecule has 3 aromatic rings. The van der Waals surface area contributed by atoms with Crippen molar-refractivity contribution in [1.82, 2.24) is 9.97 Å². The van der Waals surface area contributed by atoms with Crippen LogP contribution >= 0.6 is 0 Å². The zero-order valence-corrected chi connectivity index (χ0v) is 14.4. The van der Waals surface area contributed by atoms with Crippen molar-refractivity contribution in [2.24, 2.45) is 0 Å². The largest absolute Gasteiger partial charge is 0.367 e. The quantitative estimate of drug-likeness (QED) is 0.518. The third-order valence-corrected chi connectivity index (χ3v) is 3.95. The summed E-state index contributed by atoms with van der Waals surface area (Å²) >= 11 is 0. The maximum absolute atomic E-state index is 11.7. The summed E-state index contributed by atoms with van der Waals surface area (Å²) in [5, 5.41) is 14.5. The van der Waals surface area contributed by atoms with Gasteiger partial charge in [-0.25, -0.2) is 9.97 Å². The number of hydrogen-bond acceptors (Lipinski definition) is 6. The first-order valence-corrected chi connectivity index (χ1v) is 8.19. The molecule has 0 aliphatic rings. The van der Waals surface area contributed by atoms with E-state index in [2.05, 4.69) is 15.3 Å². The average Bonchev–Trinajstić information content (AvgIpc) is 2.68. The van der Waals surface area contributed by atoms with Gasteiger partial charge in [0.1, 0.15) is 6.33 Å². The van der Waals surface area contributed by atoms with E-state index in [-0.39, 0.29) is 11.5 Å². The van der Waals surface area contributed by atoms with Crippen molar-refractivity contribution in [2.75, 3.05) is 17.3 Å². The number of nitro groups is 1. The van der Waals surface area contributed by atoms with E-state index < -0.39 is 4.92 Å². The molecule has 1 N–H and O–H groups in total. The van der Waals surface area contributed by atoms with Crippen LogP contribution < -0.4 is 10.2 Å². The number of anilines is 2. The molecule has 0 saturated carbocycles. The molecule has 0 fully saturated rings. The Morgan fingerprint density at radius 2 is 1.50 bits per heavy atom. The van der Waals surface area contributed by atoms with Crippen molar-refractivity contribution < 1.29 is 4.92 Å². The van der Waals surface area contributed by atoms with Crippen molar-refractivity contribution >= 4 is 17.3 Å². The molecule has 0 unspecified atom stereocenters. The Balaban J connectivity index is 2.04. The highest BCUT2D eigenvalue weighted by Gasteiger charge is 2.26. The second-order valence-electron chi connectivity index (χ2n) is 5.73. The minimum Gasteiger partial charge on any atom is -0.367 e. The summed E-state index contributed by atoms with van der Waals surface area (Å²) in [6.45, 7) is 0.994. The predicted molar refractivity (Wildman–Crippen MR) is 101 cm³/mol. The average molecular weight is 349 g/mol. The molecular formula is C19H19N5O2. The molecule has 0 spiro atoms. The molecule has 3 rings (SSSR count). The van der Waals surface area contributed by atoms with Crippen LogP contribution in [0.5, 0.6) is 0 Å². The van der Waals surface area contributed by atoms with Gasteiger partial charge in [-0.3, -0.25) is 10.1 Å². The Labute approximate surface area is 151 Å². The number of rotatable bonds is 7. The Kier molecular flexibility index (Phi) is 5.38. The molecule has 1 heterocycles. The zero-order valence-electron chi connectivity index (χ0n) is 14.4. The normalized spacial score (nSPS) is 10.3. The molecule has 7 nitrogen and oxygen atoms in total. The first kappa shape index (κ1) is 17.3. The summed E-state index contributed by atoms with van der Waals surface area (Å²) in [5.41, 5.74) is 1.96. The van der Waals surface area contributed by atoms with Gasteiger partial charge >= 0.3 is 5.69 Å². The highest BCUT2D eigenvalue weighted by Crippen LogP contribution is 2.33. The van der Waals surface area contributed by atoms with Crippen molar-refractivity contribution in [3.63, 3.8) is 0 Å². The first-order valence-electron chi connectivity index (χ1n) is 8.19. The van der Waals surface area contributed by atoms with Gasteiger partial charge in [0.25, 0.3) is 0 Å². The SMILES string of the molecule is CNc1ncnc(N(Cc2ccccc2)Cc2ccccc2)c1[N+](=O)[O-]. The number of aromatic nitrogens is 2. The van der Waals surface area contributed by atoms with Crippen LogP contribution in [0, 0.1) is 10.1 Å². The molecule has 7 heteroatoms. The van der Waals surface area contributed by atoms with E-state index in [0.717, 1.165) is 11.1 Å². The van der Waals surface area contributed by atoms with Crippen LogP contribution in [0.1, 0.15) is 11.1 Å². The van der Waals surface area contributed by atoms with Crippen LogP contribution in [0.15, 0.2) is 67.0 Å². The fourth-order valence-electron chi connectivity index (χ4n) is 2.77. The summed E-state index contributed by atoms with van der Waals surface area (Å²) in [7, 11) is 1.61. The van der Waals surface area contributed by atoms with E-state index in [4.69, 9.17) is 0 Å². The highest BCUT2D eigenvalue weighted by molar-refractivity contribution is 5.70. The summed E-state index contributed by atoms with van der Waals surface area (Å²) in [6.07, 6.45) is 1.34. The van der Waals surface area contributed by atoms with E-state index in [0.29, 0.717) is 18.9 Å². The number of nitrogens with one attached hydrogen (secondary N) is 1. The molecule has 0 saturated heterocycles. The molecule has 2 aromatic carbocycles. The lowest BCUT2D eigenvalue weighted by Crippen LogP contribution is -2.24. The van der Waals surface area contributed by atoms with Gasteiger partial charge in [0, 0.05) is 20.1 Å². The van der Waals surface area contributed by atoms with E-state index in [1.54, 1.807) is 7.05 Å². The topological polar surface area (TPSA) is 84.2 Å². The van der Waals surface area contributed by atoms with Gasteiger partial charge in [0.15, 0.2) is 0 Å². The van der Waals surface area contributed by atoms with Gasteiger partial charge in [0.2, 0.25) is 11.6 Å². The van der Waals surface area contributed by atoms with E-state index in [1.807, 2.05) is 65.6 Å². The summed E-state index contributed by atoms with van der Waals surface area (Å²) in [4.78, 5) is 21.3. The second kappa shape index (κ2) is 8.06. The number of nitrogens with zero attached hydrogens (tertiary/aromatic N) is 4. The van der Waals surface area contributed by atoms with Crippen LogP contribution in [0.25, 0.3) is 0 Å². The molecule has 0 bridgehead atoms. The van der Waals surface area contributed by atoms with Gasteiger partial charge in [-0.1, -0.05) is 60.7 Å². The molecular weight excluding hydrogens is 330 g/mol. The minimum absolute atomic E-state index is 0.123. The predicted octanol–water partition coefficient (Wildman–Crippen LogP) is 3.63. The maximum atomic E-state index is 11.7. The monoisotopic (exact) mass is 349 g/mol. The zero-order chi connectivity index (χ0) is 18.4. The lowest BCUT2D eigenvalue weighted by atomic mass is 10.1. The lowest BCUT2D eigenvalue weighted by Gasteiger charge is -2.24. The summed E-state index contributed by atoms with van der Waals surface area (Å²) in [6, 6.07) is 19.6. The first-order chi connectivity index (χ1) is 12.7. The third kappa shape index (κ3) is 3.94. The molecule has 0 amide bonds. The second-order valence-corrected chi connectivity index (χ2v) is 5.73. The minimum atomic E-state index is -0.440. The van der Waals surface area contributed by atoms with E-state index >= 15 is 0 Å². The standard InChI is InChI=1S/C19H19N5O2/c1-20-18-17(24(25)26)19(22-14-21-18)23(12-15-8-4-2-5-9-15)13-16-10-6-3-7-11-16/h2-11,14H,12-13H2,1H3,(H,20,21,22).